The summed E-state index contributed by atoms with van der Waals surface area (Å²) in [6, 6.07) is 7.87. The Morgan fingerprint density at radius 2 is 1.57 bits per heavy atom. The van der Waals surface area contributed by atoms with Crippen molar-refractivity contribution in [3.63, 3.8) is 0 Å². The van der Waals surface area contributed by atoms with Crippen LogP contribution in [0.3, 0.4) is 0 Å². The fourth-order valence-corrected chi connectivity index (χ4v) is 3.68. The number of aryl methyl sites for hydroxylation is 1. The van der Waals surface area contributed by atoms with Gasteiger partial charge in [0.1, 0.15) is 5.82 Å². The number of carbonyl (C=O) groups is 2. The molecule has 23 heavy (non-hydrogen) atoms. The largest absolute Gasteiger partial charge is 0.268 e. The summed E-state index contributed by atoms with van der Waals surface area (Å²) in [5.74, 6) is -2.32. The van der Waals surface area contributed by atoms with Gasteiger partial charge in [-0.05, 0) is 36.8 Å². The van der Waals surface area contributed by atoms with Crippen LogP contribution in [0.1, 0.15) is 26.3 Å². The molecule has 0 saturated heterocycles. The molecule has 2 aromatic carbocycles. The van der Waals surface area contributed by atoms with E-state index >= 15 is 0 Å². The van der Waals surface area contributed by atoms with Crippen LogP contribution in [-0.2, 0) is 9.05 Å². The van der Waals surface area contributed by atoms with Gasteiger partial charge in [-0.25, -0.2) is 17.7 Å². The molecule has 2 aromatic rings. The van der Waals surface area contributed by atoms with E-state index in [1.54, 1.807) is 12.1 Å². The Kier molecular flexibility index (Phi) is 3.50. The van der Waals surface area contributed by atoms with Crippen molar-refractivity contribution in [2.24, 2.45) is 0 Å². The number of imide groups is 1. The van der Waals surface area contributed by atoms with Gasteiger partial charge in [0.25, 0.3) is 20.9 Å². The van der Waals surface area contributed by atoms with Crippen molar-refractivity contribution in [3.05, 3.63) is 58.9 Å². The maximum Gasteiger partial charge on any atom is 0.266 e. The Morgan fingerprint density at radius 3 is 2.04 bits per heavy atom. The Morgan fingerprint density at radius 1 is 1.04 bits per heavy atom. The maximum atomic E-state index is 14.3. The molecule has 1 aliphatic rings. The molecule has 0 saturated carbocycles. The number of rotatable bonds is 2. The number of hydrogen-bond donors (Lipinski definition) is 0. The Balaban J connectivity index is 2.21. The zero-order valence-electron chi connectivity index (χ0n) is 11.7. The molecule has 0 aromatic heterocycles. The lowest BCUT2D eigenvalue weighted by Gasteiger charge is -2.16. The molecule has 0 N–H and O–H groups in total. The first-order chi connectivity index (χ1) is 10.7. The first-order valence-corrected chi connectivity index (χ1v) is 8.75. The van der Waals surface area contributed by atoms with Crippen LogP contribution in [0.25, 0.3) is 0 Å². The van der Waals surface area contributed by atoms with Gasteiger partial charge >= 0.3 is 0 Å². The minimum Gasteiger partial charge on any atom is -0.268 e. The lowest BCUT2D eigenvalue weighted by atomic mass is 10.1. The highest BCUT2D eigenvalue weighted by Crippen LogP contribution is 2.33. The standard InChI is InChI=1S/C15H9ClFNO4S/c1-8-6-11(17)12(7-13(8)23(16,21)22)18-14(19)9-4-2-3-5-10(9)15(18)20/h2-7H,1H3. The summed E-state index contributed by atoms with van der Waals surface area (Å²) in [6.45, 7) is 1.37. The quantitative estimate of drug-likeness (QED) is 0.615. The fraction of sp³-hybridized carbons (Fsp3) is 0.0667. The molecule has 0 atom stereocenters. The van der Waals surface area contributed by atoms with Gasteiger partial charge in [0, 0.05) is 10.7 Å². The number of fused-ring (bicyclic) bond motifs is 1. The molecular formula is C15H9ClFNO4S. The van der Waals surface area contributed by atoms with Gasteiger partial charge in [-0.15, -0.1) is 0 Å². The summed E-state index contributed by atoms with van der Waals surface area (Å²) in [5.41, 5.74) is -0.0978. The van der Waals surface area contributed by atoms with Crippen molar-refractivity contribution in [1.82, 2.24) is 0 Å². The van der Waals surface area contributed by atoms with E-state index in [1.807, 2.05) is 0 Å². The van der Waals surface area contributed by atoms with Gasteiger partial charge in [0.2, 0.25) is 0 Å². The van der Waals surface area contributed by atoms with Crippen molar-refractivity contribution in [3.8, 4) is 0 Å². The number of benzene rings is 2. The highest BCUT2D eigenvalue weighted by Gasteiger charge is 2.38. The molecule has 3 rings (SSSR count). The summed E-state index contributed by atoms with van der Waals surface area (Å²) in [5, 5.41) is 0. The maximum absolute atomic E-state index is 14.3. The summed E-state index contributed by atoms with van der Waals surface area (Å²) in [6.07, 6.45) is 0. The van der Waals surface area contributed by atoms with E-state index in [2.05, 4.69) is 0 Å². The lowest BCUT2D eigenvalue weighted by Crippen LogP contribution is -2.30. The number of carbonyl (C=O) groups excluding carboxylic acids is 2. The number of hydrogen-bond acceptors (Lipinski definition) is 4. The molecule has 0 fully saturated rings. The number of nitrogens with zero attached hydrogens (tertiary/aromatic N) is 1. The van der Waals surface area contributed by atoms with Crippen LogP contribution in [0.5, 0.6) is 0 Å². The van der Waals surface area contributed by atoms with Gasteiger partial charge in [-0.3, -0.25) is 9.59 Å². The van der Waals surface area contributed by atoms with Gasteiger partial charge in [0.15, 0.2) is 0 Å². The van der Waals surface area contributed by atoms with E-state index < -0.39 is 32.4 Å². The van der Waals surface area contributed by atoms with E-state index in [1.165, 1.54) is 19.1 Å². The third-order valence-corrected chi connectivity index (χ3v) is 5.01. The highest BCUT2D eigenvalue weighted by molar-refractivity contribution is 8.13. The minimum atomic E-state index is -4.15. The van der Waals surface area contributed by atoms with Crippen LogP contribution >= 0.6 is 10.7 Å². The summed E-state index contributed by atoms with van der Waals surface area (Å²) < 4.78 is 37.4. The fourth-order valence-electron chi connectivity index (χ4n) is 2.48. The van der Waals surface area contributed by atoms with Crippen molar-refractivity contribution in [2.45, 2.75) is 11.8 Å². The predicted molar refractivity (Wildman–Crippen MR) is 81.8 cm³/mol. The van der Waals surface area contributed by atoms with Gasteiger partial charge in [0.05, 0.1) is 21.7 Å². The second-order valence-electron chi connectivity index (χ2n) is 5.00. The molecular weight excluding hydrogens is 345 g/mol. The third kappa shape index (κ3) is 2.42. The molecule has 0 spiro atoms. The molecule has 1 heterocycles. The second kappa shape index (κ2) is 5.14. The molecule has 0 bridgehead atoms. The van der Waals surface area contributed by atoms with Gasteiger partial charge in [-0.1, -0.05) is 12.1 Å². The number of amides is 2. The van der Waals surface area contributed by atoms with Gasteiger partial charge in [-0.2, -0.15) is 0 Å². The van der Waals surface area contributed by atoms with Crippen LogP contribution in [0.4, 0.5) is 10.1 Å². The highest BCUT2D eigenvalue weighted by atomic mass is 35.7. The first kappa shape index (κ1) is 15.6. The van der Waals surface area contributed by atoms with E-state index in [0.717, 1.165) is 12.1 Å². The summed E-state index contributed by atoms with van der Waals surface area (Å²) >= 11 is 0. The average Bonchev–Trinajstić information content (AvgIpc) is 2.71. The molecule has 118 valence electrons. The summed E-state index contributed by atoms with van der Waals surface area (Å²) in [4.78, 5) is 25.0. The summed E-state index contributed by atoms with van der Waals surface area (Å²) in [7, 11) is 1.17. The second-order valence-corrected chi connectivity index (χ2v) is 7.53. The van der Waals surface area contributed by atoms with Crippen molar-refractivity contribution >= 4 is 37.2 Å². The predicted octanol–water partition coefficient (Wildman–Crippen LogP) is 2.86. The SMILES string of the molecule is Cc1cc(F)c(N2C(=O)c3ccccc3C2=O)cc1S(=O)(=O)Cl. The zero-order valence-corrected chi connectivity index (χ0v) is 13.3. The Bertz CT molecular complexity index is 936. The van der Waals surface area contributed by atoms with E-state index in [9.17, 15) is 22.4 Å². The molecule has 5 nitrogen and oxygen atoms in total. The van der Waals surface area contributed by atoms with E-state index in [4.69, 9.17) is 10.7 Å². The molecule has 0 radical (unpaired) electrons. The van der Waals surface area contributed by atoms with Crippen LogP contribution in [0, 0.1) is 12.7 Å². The number of anilines is 1. The smallest absolute Gasteiger partial charge is 0.266 e. The topological polar surface area (TPSA) is 71.5 Å². The first-order valence-electron chi connectivity index (χ1n) is 6.44. The van der Waals surface area contributed by atoms with Crippen LogP contribution in [0.15, 0.2) is 41.3 Å². The van der Waals surface area contributed by atoms with E-state index in [0.29, 0.717) is 4.90 Å². The molecule has 2 amide bonds. The Labute approximate surface area is 135 Å². The van der Waals surface area contributed by atoms with Crippen molar-refractivity contribution in [2.75, 3.05) is 4.90 Å². The van der Waals surface area contributed by atoms with Gasteiger partial charge < -0.3 is 0 Å². The van der Waals surface area contributed by atoms with Crippen LogP contribution in [0.2, 0.25) is 0 Å². The van der Waals surface area contributed by atoms with Crippen molar-refractivity contribution in [1.29, 1.82) is 0 Å². The van der Waals surface area contributed by atoms with Crippen molar-refractivity contribution < 1.29 is 22.4 Å². The molecule has 0 unspecified atom stereocenters. The normalized spacial score (nSPS) is 14.3. The Hall–Kier alpha value is -2.25. The monoisotopic (exact) mass is 353 g/mol. The molecule has 8 heteroatoms. The number of halogens is 2. The molecule has 1 aliphatic heterocycles. The third-order valence-electron chi connectivity index (χ3n) is 3.54. The zero-order chi connectivity index (χ0) is 16.9. The van der Waals surface area contributed by atoms with Crippen LogP contribution in [-0.4, -0.2) is 20.2 Å². The van der Waals surface area contributed by atoms with Crippen LogP contribution < -0.4 is 4.90 Å². The minimum absolute atomic E-state index is 0.0814. The molecule has 0 aliphatic carbocycles. The van der Waals surface area contributed by atoms with E-state index in [-0.39, 0.29) is 21.6 Å². The average molecular weight is 354 g/mol. The lowest BCUT2D eigenvalue weighted by molar-refractivity contribution is 0.0924.